The third-order valence-corrected chi connectivity index (χ3v) is 12.7. The lowest BCUT2D eigenvalue weighted by Gasteiger charge is -2.42. The Hall–Kier alpha value is -6.64. The van der Waals surface area contributed by atoms with E-state index >= 15 is 0 Å². The number of carbonyl (C=O) groups is 3. The SMILES string of the molecule is CC[C@@H](c1ccccc1)N1Cc2cc3c(cc2C[C@H]1C(=O)N[C@H](Cc1ccc(-c2ccc(C#N)cc2)cc1)C(=O)OC)N(C)C(=O)[C@@H](c1ccc(OCc2ccc(Cl)c(Cl)c2)cc1)O3. The van der Waals surface area contributed by atoms with Gasteiger partial charge >= 0.3 is 5.97 Å². The number of nitriles is 1. The monoisotopic (exact) mass is 892 g/mol. The Morgan fingerprint density at radius 3 is 2.20 bits per heavy atom. The van der Waals surface area contributed by atoms with Crippen LogP contribution in [-0.2, 0) is 45.1 Å². The minimum atomic E-state index is -0.945. The van der Waals surface area contributed by atoms with Crippen LogP contribution in [0.3, 0.4) is 0 Å². The molecule has 10 nitrogen and oxygen atoms in total. The molecule has 0 bridgehead atoms. The lowest BCUT2D eigenvalue weighted by molar-refractivity contribution is -0.146. The molecular weight excluding hydrogens is 847 g/mol. The molecule has 12 heteroatoms. The Morgan fingerprint density at radius 1 is 0.859 bits per heavy atom. The number of fused-ring (bicyclic) bond motifs is 2. The standard InChI is InChI=1S/C52H46Cl2N4O6/c1-4-45(37-8-6-5-7-9-37)58-30-40-28-48-46(57(2)51(60)49(64-48)38-19-21-41(22-20-38)63-31-34-14-23-42(53)43(54)24-34)26-39(40)27-47(58)50(59)56-44(52(61)62-3)25-32-10-15-35(16-11-32)36-17-12-33(29-55)13-18-36/h5-24,26,28,44-45,47,49H,4,25,27,30-31H2,1-3H3,(H,56,59)/t44-,45+,47+,49-/m1/s1. The van der Waals surface area contributed by atoms with Gasteiger partial charge in [0.15, 0.2) is 0 Å². The van der Waals surface area contributed by atoms with Crippen molar-refractivity contribution < 1.29 is 28.6 Å². The molecule has 2 aliphatic rings. The van der Waals surface area contributed by atoms with E-state index in [2.05, 4.69) is 35.3 Å². The third kappa shape index (κ3) is 9.48. The summed E-state index contributed by atoms with van der Waals surface area (Å²) < 4.78 is 17.7. The van der Waals surface area contributed by atoms with Gasteiger partial charge in [-0.25, -0.2) is 4.79 Å². The Morgan fingerprint density at radius 2 is 1.55 bits per heavy atom. The highest BCUT2D eigenvalue weighted by Crippen LogP contribution is 2.43. The van der Waals surface area contributed by atoms with Crippen LogP contribution in [0.15, 0.2) is 133 Å². The number of likely N-dealkylation sites (N-methyl/N-ethyl adjacent to an activating group) is 1. The Kier molecular flexibility index (Phi) is 13.3. The summed E-state index contributed by atoms with van der Waals surface area (Å²) in [6.45, 7) is 2.82. The molecule has 8 rings (SSSR count). The van der Waals surface area contributed by atoms with E-state index in [1.54, 1.807) is 36.2 Å². The molecule has 6 aromatic rings. The second-order valence-corrected chi connectivity index (χ2v) is 16.8. The van der Waals surface area contributed by atoms with E-state index in [9.17, 15) is 19.6 Å². The van der Waals surface area contributed by atoms with Gasteiger partial charge in [0, 0.05) is 31.6 Å². The number of hydrogen-bond acceptors (Lipinski definition) is 8. The average Bonchev–Trinajstić information content (AvgIpc) is 3.33. The fourth-order valence-electron chi connectivity index (χ4n) is 8.51. The Bertz CT molecular complexity index is 2710. The van der Waals surface area contributed by atoms with E-state index in [-0.39, 0.29) is 24.3 Å². The van der Waals surface area contributed by atoms with Crippen molar-refractivity contribution in [2.24, 2.45) is 0 Å². The van der Waals surface area contributed by atoms with E-state index in [0.29, 0.717) is 57.9 Å². The van der Waals surface area contributed by atoms with Crippen LogP contribution in [0.25, 0.3) is 11.1 Å². The summed E-state index contributed by atoms with van der Waals surface area (Å²) in [6, 6.07) is 42.2. The summed E-state index contributed by atoms with van der Waals surface area (Å²) in [5.41, 5.74) is 8.48. The number of carbonyl (C=O) groups excluding carboxylic acids is 3. The van der Waals surface area contributed by atoms with Gasteiger partial charge in [-0.05, 0) is 100 Å². The Labute approximate surface area is 382 Å². The van der Waals surface area contributed by atoms with Crippen LogP contribution in [0.4, 0.5) is 5.69 Å². The summed E-state index contributed by atoms with van der Waals surface area (Å²) >= 11 is 12.2. The van der Waals surface area contributed by atoms with Crippen molar-refractivity contribution in [3.63, 3.8) is 0 Å². The van der Waals surface area contributed by atoms with E-state index < -0.39 is 24.2 Å². The number of esters is 1. The molecule has 0 spiro atoms. The number of benzene rings is 6. The van der Waals surface area contributed by atoms with Crippen LogP contribution in [-0.4, -0.2) is 48.9 Å². The number of ether oxygens (including phenoxy) is 3. The van der Waals surface area contributed by atoms with Crippen LogP contribution in [0.1, 0.15) is 64.4 Å². The number of nitrogens with one attached hydrogen (secondary N) is 1. The highest BCUT2D eigenvalue weighted by Gasteiger charge is 2.40. The molecule has 1 N–H and O–H groups in total. The molecule has 6 aromatic carbocycles. The van der Waals surface area contributed by atoms with Gasteiger partial charge in [-0.15, -0.1) is 0 Å². The first kappa shape index (κ1) is 44.0. The predicted molar refractivity (Wildman–Crippen MR) is 247 cm³/mol. The summed E-state index contributed by atoms with van der Waals surface area (Å²) in [5, 5.41) is 13.2. The molecule has 2 aliphatic heterocycles. The highest BCUT2D eigenvalue weighted by molar-refractivity contribution is 6.42. The van der Waals surface area contributed by atoms with Gasteiger partial charge in [0.05, 0.1) is 40.5 Å². The molecule has 0 unspecified atom stereocenters. The number of methoxy groups -OCH3 is 1. The van der Waals surface area contributed by atoms with Crippen LogP contribution >= 0.6 is 23.2 Å². The number of amides is 2. The maximum absolute atomic E-state index is 14.7. The lowest BCUT2D eigenvalue weighted by atomic mass is 9.88. The zero-order valence-corrected chi connectivity index (χ0v) is 37.1. The van der Waals surface area contributed by atoms with E-state index in [4.69, 9.17) is 37.4 Å². The molecule has 2 heterocycles. The molecule has 0 aliphatic carbocycles. The second-order valence-electron chi connectivity index (χ2n) is 16.0. The lowest BCUT2D eigenvalue weighted by Crippen LogP contribution is -2.55. The number of rotatable bonds is 13. The maximum Gasteiger partial charge on any atom is 0.328 e. The smallest absolute Gasteiger partial charge is 0.328 e. The van der Waals surface area contributed by atoms with Gasteiger partial charge in [-0.2, -0.15) is 5.26 Å². The number of anilines is 1. The van der Waals surface area contributed by atoms with Crippen LogP contribution in [0, 0.1) is 11.3 Å². The molecule has 0 radical (unpaired) electrons. The third-order valence-electron chi connectivity index (χ3n) is 12.0. The first-order valence-electron chi connectivity index (χ1n) is 21.1. The maximum atomic E-state index is 14.7. The fourth-order valence-corrected chi connectivity index (χ4v) is 8.84. The molecule has 0 fully saturated rings. The molecule has 4 atom stereocenters. The molecular formula is C52H46Cl2N4O6. The van der Waals surface area contributed by atoms with Crippen LogP contribution in [0.2, 0.25) is 10.0 Å². The van der Waals surface area contributed by atoms with Crippen molar-refractivity contribution in [2.75, 3.05) is 19.1 Å². The quantitative estimate of drug-likeness (QED) is 0.114. The number of halogens is 2. The minimum absolute atomic E-state index is 0.122. The zero-order chi connectivity index (χ0) is 44.9. The van der Waals surface area contributed by atoms with Crippen molar-refractivity contribution in [2.45, 2.75) is 63.6 Å². The number of hydrogen-bond donors (Lipinski definition) is 1. The van der Waals surface area contributed by atoms with Crippen molar-refractivity contribution >= 4 is 46.7 Å². The van der Waals surface area contributed by atoms with Gasteiger partial charge in [0.1, 0.15) is 24.1 Å². The predicted octanol–water partition coefficient (Wildman–Crippen LogP) is 9.99. The average molecular weight is 894 g/mol. The molecule has 0 saturated heterocycles. The van der Waals surface area contributed by atoms with Crippen molar-refractivity contribution in [3.8, 4) is 28.7 Å². The highest BCUT2D eigenvalue weighted by atomic mass is 35.5. The van der Waals surface area contributed by atoms with Crippen molar-refractivity contribution in [1.82, 2.24) is 10.2 Å². The van der Waals surface area contributed by atoms with Crippen LogP contribution < -0.4 is 19.7 Å². The van der Waals surface area contributed by atoms with E-state index in [0.717, 1.165) is 45.4 Å². The molecule has 2 amide bonds. The van der Waals surface area contributed by atoms with E-state index in [1.807, 2.05) is 97.1 Å². The fraction of sp³-hybridized carbons (Fsp3) is 0.231. The largest absolute Gasteiger partial charge is 0.489 e. The van der Waals surface area contributed by atoms with Crippen molar-refractivity contribution in [1.29, 1.82) is 5.26 Å². The summed E-state index contributed by atoms with van der Waals surface area (Å²) in [4.78, 5) is 45.7. The molecule has 0 saturated carbocycles. The van der Waals surface area contributed by atoms with E-state index in [1.165, 1.54) is 7.11 Å². The van der Waals surface area contributed by atoms with Gasteiger partial charge in [-0.3, -0.25) is 14.5 Å². The Balaban J connectivity index is 1.03. The van der Waals surface area contributed by atoms with Gasteiger partial charge in [-0.1, -0.05) is 115 Å². The summed E-state index contributed by atoms with van der Waals surface area (Å²) in [6.07, 6.45) is 0.398. The summed E-state index contributed by atoms with van der Waals surface area (Å²) in [7, 11) is 3.05. The van der Waals surface area contributed by atoms with Crippen LogP contribution in [0.5, 0.6) is 11.5 Å². The van der Waals surface area contributed by atoms with Crippen molar-refractivity contribution in [3.05, 3.63) is 182 Å². The normalized spacial score (nSPS) is 16.6. The first-order chi connectivity index (χ1) is 31.0. The topological polar surface area (TPSA) is 121 Å². The molecule has 64 heavy (non-hydrogen) atoms. The van der Waals surface area contributed by atoms with Gasteiger partial charge in [0.2, 0.25) is 12.0 Å². The zero-order valence-electron chi connectivity index (χ0n) is 35.6. The molecule has 0 aromatic heterocycles. The number of nitrogens with zero attached hydrogens (tertiary/aromatic N) is 3. The molecule has 324 valence electrons. The minimum Gasteiger partial charge on any atom is -0.489 e. The summed E-state index contributed by atoms with van der Waals surface area (Å²) in [5.74, 6) is 0.111. The van der Waals surface area contributed by atoms with Gasteiger partial charge < -0.3 is 24.4 Å². The first-order valence-corrected chi connectivity index (χ1v) is 21.8. The second kappa shape index (κ2) is 19.4. The van der Waals surface area contributed by atoms with Gasteiger partial charge in [0.25, 0.3) is 5.91 Å².